The highest BCUT2D eigenvalue weighted by Crippen LogP contribution is 2.38. The molecule has 25 heavy (non-hydrogen) atoms. The Labute approximate surface area is 148 Å². The smallest absolute Gasteiger partial charge is 0.350 e. The van der Waals surface area contributed by atoms with Crippen LogP contribution in [0, 0.1) is 5.92 Å². The van der Waals surface area contributed by atoms with Crippen LogP contribution in [0.2, 0.25) is 5.02 Å². The molecule has 2 aliphatic heterocycles. The van der Waals surface area contributed by atoms with Crippen LogP contribution in [0.15, 0.2) is 23.1 Å². The van der Waals surface area contributed by atoms with Gasteiger partial charge in [0.15, 0.2) is 6.29 Å². The molecule has 2 fully saturated rings. The zero-order valence-electron chi connectivity index (χ0n) is 13.1. The molecule has 10 heteroatoms. The molecule has 3 rings (SSSR count). The third kappa shape index (κ3) is 3.95. The molecule has 0 N–H and O–H groups in total. The van der Waals surface area contributed by atoms with Crippen molar-refractivity contribution in [3.8, 4) is 0 Å². The van der Waals surface area contributed by atoms with Gasteiger partial charge in [-0.05, 0) is 31.0 Å². The zero-order valence-corrected chi connectivity index (χ0v) is 14.7. The Kier molecular flexibility index (Phi) is 5.32. The maximum atomic E-state index is 13.3. The fourth-order valence-corrected chi connectivity index (χ4v) is 5.05. The first-order chi connectivity index (χ1) is 11.7. The van der Waals surface area contributed by atoms with Crippen molar-refractivity contribution in [3.05, 3.63) is 28.8 Å². The van der Waals surface area contributed by atoms with Crippen LogP contribution < -0.4 is 0 Å². The molecule has 0 saturated carbocycles. The van der Waals surface area contributed by atoms with Crippen LogP contribution in [-0.2, 0) is 25.7 Å². The molecule has 0 amide bonds. The van der Waals surface area contributed by atoms with E-state index >= 15 is 0 Å². The van der Waals surface area contributed by atoms with Crippen LogP contribution in [0.5, 0.6) is 0 Å². The number of piperidine rings is 1. The summed E-state index contributed by atoms with van der Waals surface area (Å²) < 4.78 is 77.4. The van der Waals surface area contributed by atoms with Gasteiger partial charge in [-0.3, -0.25) is 0 Å². The molecule has 140 valence electrons. The minimum atomic E-state index is -4.82. The van der Waals surface area contributed by atoms with Gasteiger partial charge >= 0.3 is 6.18 Å². The summed E-state index contributed by atoms with van der Waals surface area (Å²) in [6, 6.07) is 2.69. The largest absolute Gasteiger partial charge is 0.417 e. The Bertz CT molecular complexity index is 735. The highest BCUT2D eigenvalue weighted by Gasteiger charge is 2.41. The van der Waals surface area contributed by atoms with Gasteiger partial charge in [0.2, 0.25) is 10.0 Å². The maximum absolute atomic E-state index is 13.3. The average Bonchev–Trinajstić information content (AvgIpc) is 3.08. The molecule has 1 atom stereocenters. The average molecular weight is 400 g/mol. The first-order valence-corrected chi connectivity index (χ1v) is 9.61. The van der Waals surface area contributed by atoms with Crippen LogP contribution in [0.3, 0.4) is 0 Å². The number of halogens is 4. The molecule has 5 nitrogen and oxygen atoms in total. The lowest BCUT2D eigenvalue weighted by molar-refractivity contribution is -0.140. The van der Waals surface area contributed by atoms with E-state index in [1.807, 2.05) is 0 Å². The Morgan fingerprint density at radius 3 is 2.52 bits per heavy atom. The molecule has 0 radical (unpaired) electrons. The van der Waals surface area contributed by atoms with Crippen LogP contribution >= 0.6 is 11.6 Å². The number of hydrogen-bond donors (Lipinski definition) is 0. The predicted octanol–water partition coefficient (Wildman–Crippen LogP) is 3.13. The monoisotopic (exact) mass is 399 g/mol. The number of benzene rings is 1. The van der Waals surface area contributed by atoms with Crippen molar-refractivity contribution in [2.75, 3.05) is 26.3 Å². The van der Waals surface area contributed by atoms with Gasteiger partial charge in [-0.2, -0.15) is 17.5 Å². The van der Waals surface area contributed by atoms with Gasteiger partial charge in [-0.1, -0.05) is 11.6 Å². The lowest BCUT2D eigenvalue weighted by atomic mass is 9.99. The summed E-state index contributed by atoms with van der Waals surface area (Å²) in [5.74, 6) is -0.201. The fraction of sp³-hybridized carbons (Fsp3) is 0.600. The van der Waals surface area contributed by atoms with Crippen molar-refractivity contribution in [2.45, 2.75) is 30.2 Å². The standard InChI is InChI=1S/C15H17ClF3NO4S/c16-11-3-4-13(12(8-11)15(17,18)19)25(21,22)20-5-1-2-10(9-20)14-23-6-7-24-14/h3-4,8,10,14H,1-2,5-7,9H2. The molecule has 1 aromatic carbocycles. The minimum absolute atomic E-state index is 0.0624. The summed E-state index contributed by atoms with van der Waals surface area (Å²) in [5.41, 5.74) is -1.25. The van der Waals surface area contributed by atoms with Crippen molar-refractivity contribution in [1.82, 2.24) is 4.31 Å². The minimum Gasteiger partial charge on any atom is -0.350 e. The second kappa shape index (κ2) is 7.03. The van der Waals surface area contributed by atoms with Crippen LogP contribution in [-0.4, -0.2) is 45.3 Å². The van der Waals surface area contributed by atoms with E-state index < -0.39 is 32.9 Å². The first-order valence-electron chi connectivity index (χ1n) is 7.80. The second-order valence-corrected chi connectivity index (χ2v) is 8.36. The van der Waals surface area contributed by atoms with Crippen molar-refractivity contribution < 1.29 is 31.1 Å². The lowest BCUT2D eigenvalue weighted by Gasteiger charge is -2.34. The Balaban J connectivity index is 1.91. The SMILES string of the molecule is O=S(=O)(c1ccc(Cl)cc1C(F)(F)F)N1CCCC(C2OCCO2)C1. The molecular formula is C15H17ClF3NO4S. The normalized spacial score (nSPS) is 23.9. The van der Waals surface area contributed by atoms with E-state index in [1.54, 1.807) is 0 Å². The number of nitrogens with zero attached hydrogens (tertiary/aromatic N) is 1. The number of sulfonamides is 1. The Morgan fingerprint density at radius 2 is 1.88 bits per heavy atom. The van der Waals surface area contributed by atoms with Gasteiger partial charge < -0.3 is 9.47 Å². The van der Waals surface area contributed by atoms with Gasteiger partial charge in [0.05, 0.1) is 23.7 Å². The van der Waals surface area contributed by atoms with Gasteiger partial charge in [0, 0.05) is 24.0 Å². The van der Waals surface area contributed by atoms with Crippen LogP contribution in [0.4, 0.5) is 13.2 Å². The van der Waals surface area contributed by atoms with Crippen molar-refractivity contribution in [1.29, 1.82) is 0 Å². The summed E-state index contributed by atoms with van der Waals surface area (Å²) in [5, 5.41) is -0.171. The summed E-state index contributed by atoms with van der Waals surface area (Å²) in [4.78, 5) is -0.779. The van der Waals surface area contributed by atoms with Crippen molar-refractivity contribution >= 4 is 21.6 Å². The van der Waals surface area contributed by atoms with Gasteiger partial charge in [-0.25, -0.2) is 8.42 Å². The Hall–Kier alpha value is -0.870. The van der Waals surface area contributed by atoms with E-state index in [-0.39, 0.29) is 24.0 Å². The third-order valence-electron chi connectivity index (χ3n) is 4.32. The molecule has 0 bridgehead atoms. The molecule has 0 aromatic heterocycles. The highest BCUT2D eigenvalue weighted by molar-refractivity contribution is 7.89. The molecule has 0 aliphatic carbocycles. The van der Waals surface area contributed by atoms with Gasteiger partial charge in [0.25, 0.3) is 0 Å². The second-order valence-electron chi connectivity index (χ2n) is 6.01. The highest BCUT2D eigenvalue weighted by atomic mass is 35.5. The summed E-state index contributed by atoms with van der Waals surface area (Å²) in [7, 11) is -4.31. The number of rotatable bonds is 3. The van der Waals surface area contributed by atoms with E-state index in [9.17, 15) is 21.6 Å². The Morgan fingerprint density at radius 1 is 1.20 bits per heavy atom. The third-order valence-corrected chi connectivity index (χ3v) is 6.48. The zero-order chi connectivity index (χ0) is 18.2. The first kappa shape index (κ1) is 18.9. The fourth-order valence-electron chi connectivity index (χ4n) is 3.15. The van der Waals surface area contributed by atoms with Crippen LogP contribution in [0.1, 0.15) is 18.4 Å². The molecule has 0 spiro atoms. The molecule has 2 aliphatic rings. The topological polar surface area (TPSA) is 55.8 Å². The van der Waals surface area contributed by atoms with Gasteiger partial charge in [0.1, 0.15) is 0 Å². The van der Waals surface area contributed by atoms with Crippen LogP contribution in [0.25, 0.3) is 0 Å². The molecule has 1 unspecified atom stereocenters. The number of alkyl halides is 3. The van der Waals surface area contributed by atoms with E-state index in [1.165, 1.54) is 0 Å². The van der Waals surface area contributed by atoms with Gasteiger partial charge in [-0.15, -0.1) is 0 Å². The van der Waals surface area contributed by atoms with E-state index in [4.69, 9.17) is 21.1 Å². The molecule has 2 saturated heterocycles. The summed E-state index contributed by atoms with van der Waals surface area (Å²) in [6.45, 7) is 1.09. The maximum Gasteiger partial charge on any atom is 0.417 e. The lowest BCUT2D eigenvalue weighted by Crippen LogP contribution is -2.44. The number of hydrogen-bond acceptors (Lipinski definition) is 4. The summed E-state index contributed by atoms with van der Waals surface area (Å²) >= 11 is 5.63. The van der Waals surface area contributed by atoms with Crippen molar-refractivity contribution in [2.24, 2.45) is 5.92 Å². The van der Waals surface area contributed by atoms with E-state index in [0.717, 1.165) is 16.4 Å². The molecular weight excluding hydrogens is 383 g/mol. The van der Waals surface area contributed by atoms with E-state index in [0.29, 0.717) is 32.1 Å². The number of ether oxygens (including phenoxy) is 2. The van der Waals surface area contributed by atoms with Crippen molar-refractivity contribution in [3.63, 3.8) is 0 Å². The molecule has 1 aromatic rings. The summed E-state index contributed by atoms with van der Waals surface area (Å²) in [6.07, 6.45) is -4.10. The molecule has 2 heterocycles. The van der Waals surface area contributed by atoms with E-state index in [2.05, 4.69) is 0 Å². The quantitative estimate of drug-likeness (QED) is 0.783. The predicted molar refractivity (Wildman–Crippen MR) is 83.6 cm³/mol.